The smallest absolute Gasteiger partial charge is 0.304 e. The average molecular weight is 282 g/mol. The molecule has 0 saturated carbocycles. The summed E-state index contributed by atoms with van der Waals surface area (Å²) < 4.78 is 13.5. The first-order valence-electron chi connectivity index (χ1n) is 6.65. The molecule has 1 amide bonds. The van der Waals surface area contributed by atoms with E-state index in [1.165, 1.54) is 6.07 Å². The molecule has 1 atom stereocenters. The number of carbonyl (C=O) groups is 1. The van der Waals surface area contributed by atoms with Gasteiger partial charge in [-0.15, -0.1) is 0 Å². The molecule has 0 fully saturated rings. The summed E-state index contributed by atoms with van der Waals surface area (Å²) in [7, 11) is 0. The molecule has 1 unspecified atom stereocenters. The van der Waals surface area contributed by atoms with E-state index in [2.05, 4.69) is 5.32 Å². The van der Waals surface area contributed by atoms with Crippen LogP contribution in [0.15, 0.2) is 18.2 Å². The molecule has 110 valence electrons. The number of nitro groups is 1. The van der Waals surface area contributed by atoms with Gasteiger partial charge < -0.3 is 5.32 Å². The van der Waals surface area contributed by atoms with Crippen LogP contribution >= 0.6 is 0 Å². The molecule has 0 bridgehead atoms. The topological polar surface area (TPSA) is 72.2 Å². The molecule has 1 rings (SSSR count). The van der Waals surface area contributed by atoms with Crippen molar-refractivity contribution in [2.75, 3.05) is 0 Å². The van der Waals surface area contributed by atoms with E-state index in [1.54, 1.807) is 0 Å². The molecule has 6 heteroatoms. The van der Waals surface area contributed by atoms with E-state index >= 15 is 0 Å². The van der Waals surface area contributed by atoms with Crippen LogP contribution in [0.2, 0.25) is 0 Å². The maximum absolute atomic E-state index is 13.5. The minimum atomic E-state index is -1.00. The first kappa shape index (κ1) is 16.1. The third kappa shape index (κ3) is 3.76. The summed E-state index contributed by atoms with van der Waals surface area (Å²) in [6.45, 7) is 5.99. The van der Waals surface area contributed by atoms with Crippen LogP contribution in [0.1, 0.15) is 44.0 Å². The number of carbonyl (C=O) groups excluding carboxylic acids is 1. The van der Waals surface area contributed by atoms with Gasteiger partial charge in [-0.05, 0) is 25.0 Å². The second-order valence-electron chi connectivity index (χ2n) is 4.76. The maximum Gasteiger partial charge on any atom is 0.304 e. The highest BCUT2D eigenvalue weighted by atomic mass is 19.1. The molecule has 1 N–H and O–H groups in total. The number of benzene rings is 1. The number of nitrogens with one attached hydrogen (secondary N) is 1. The second kappa shape index (κ2) is 6.98. The van der Waals surface area contributed by atoms with Crippen molar-refractivity contribution in [2.24, 2.45) is 5.92 Å². The number of nitrogens with zero attached hydrogens (tertiary/aromatic N) is 1. The van der Waals surface area contributed by atoms with Crippen molar-refractivity contribution in [1.82, 2.24) is 5.32 Å². The molecule has 20 heavy (non-hydrogen) atoms. The van der Waals surface area contributed by atoms with Gasteiger partial charge in [-0.2, -0.15) is 4.39 Å². The third-order valence-corrected chi connectivity index (χ3v) is 3.52. The Hall–Kier alpha value is -1.98. The number of hydrogen-bond acceptors (Lipinski definition) is 3. The molecule has 0 aromatic heterocycles. The van der Waals surface area contributed by atoms with Crippen LogP contribution in [0.3, 0.4) is 0 Å². The normalized spacial score (nSPS) is 12.2. The molecule has 0 radical (unpaired) electrons. The summed E-state index contributed by atoms with van der Waals surface area (Å²) in [6, 6.07) is 3.13. The fourth-order valence-corrected chi connectivity index (χ4v) is 2.20. The van der Waals surface area contributed by atoms with Crippen molar-refractivity contribution in [3.8, 4) is 0 Å². The zero-order valence-corrected chi connectivity index (χ0v) is 11.9. The minimum absolute atomic E-state index is 0.0317. The standard InChI is InChI=1S/C14H19FN2O3/c1-4-10(5-2)9(3)16-14(18)11-6-7-13(17(19)20)12(15)8-11/h6-10H,4-5H2,1-3H3,(H,16,18). The summed E-state index contributed by atoms with van der Waals surface area (Å²) in [6.07, 6.45) is 1.87. The van der Waals surface area contributed by atoms with Gasteiger partial charge >= 0.3 is 5.69 Å². The van der Waals surface area contributed by atoms with Gasteiger partial charge in [-0.25, -0.2) is 0 Å². The predicted molar refractivity (Wildman–Crippen MR) is 74.1 cm³/mol. The molecule has 5 nitrogen and oxygen atoms in total. The van der Waals surface area contributed by atoms with Gasteiger partial charge in [-0.1, -0.05) is 26.7 Å². The zero-order valence-electron chi connectivity index (χ0n) is 11.9. The lowest BCUT2D eigenvalue weighted by atomic mass is 9.95. The maximum atomic E-state index is 13.5. The molecule has 0 saturated heterocycles. The van der Waals surface area contributed by atoms with Gasteiger partial charge in [0.2, 0.25) is 5.82 Å². The van der Waals surface area contributed by atoms with Gasteiger partial charge in [0.1, 0.15) is 0 Å². The Labute approximate surface area is 117 Å². The van der Waals surface area contributed by atoms with Gasteiger partial charge in [0, 0.05) is 17.7 Å². The fraction of sp³-hybridized carbons (Fsp3) is 0.500. The summed E-state index contributed by atoms with van der Waals surface area (Å²) in [5, 5.41) is 13.3. The first-order valence-corrected chi connectivity index (χ1v) is 6.65. The second-order valence-corrected chi connectivity index (χ2v) is 4.76. The third-order valence-electron chi connectivity index (χ3n) is 3.52. The largest absolute Gasteiger partial charge is 0.349 e. The van der Waals surface area contributed by atoms with Crippen molar-refractivity contribution in [3.63, 3.8) is 0 Å². The van der Waals surface area contributed by atoms with Crippen molar-refractivity contribution in [1.29, 1.82) is 0 Å². The fourth-order valence-electron chi connectivity index (χ4n) is 2.20. The van der Waals surface area contributed by atoms with Crippen LogP contribution in [-0.2, 0) is 0 Å². The molecule has 0 aliphatic heterocycles. The molecule has 1 aromatic carbocycles. The predicted octanol–water partition coefficient (Wildman–Crippen LogP) is 3.29. The lowest BCUT2D eigenvalue weighted by Crippen LogP contribution is -2.37. The van der Waals surface area contributed by atoms with Crippen molar-refractivity contribution in [2.45, 2.75) is 39.7 Å². The summed E-state index contributed by atoms with van der Waals surface area (Å²) >= 11 is 0. The summed E-state index contributed by atoms with van der Waals surface area (Å²) in [5.41, 5.74) is -0.541. The van der Waals surface area contributed by atoms with E-state index in [1.807, 2.05) is 20.8 Å². The monoisotopic (exact) mass is 282 g/mol. The Bertz CT molecular complexity index is 501. The van der Waals surface area contributed by atoms with Crippen molar-refractivity contribution in [3.05, 3.63) is 39.7 Å². The number of rotatable bonds is 6. The molecule has 0 spiro atoms. The van der Waals surface area contributed by atoms with E-state index in [0.717, 1.165) is 25.0 Å². The Morgan fingerprint density at radius 2 is 2.00 bits per heavy atom. The van der Waals surface area contributed by atoms with Crippen LogP contribution in [0.5, 0.6) is 0 Å². The Balaban J connectivity index is 2.83. The zero-order chi connectivity index (χ0) is 15.3. The van der Waals surface area contributed by atoms with Gasteiger partial charge in [0.25, 0.3) is 5.91 Å². The van der Waals surface area contributed by atoms with E-state index in [0.29, 0.717) is 5.92 Å². The number of hydrogen-bond donors (Lipinski definition) is 1. The van der Waals surface area contributed by atoms with Crippen LogP contribution in [0, 0.1) is 21.8 Å². The molecule has 0 aliphatic rings. The van der Waals surface area contributed by atoms with Crippen LogP contribution in [0.25, 0.3) is 0 Å². The lowest BCUT2D eigenvalue weighted by molar-refractivity contribution is -0.387. The number of nitro benzene ring substituents is 1. The first-order chi connectivity index (χ1) is 9.40. The quantitative estimate of drug-likeness (QED) is 0.642. The molecular weight excluding hydrogens is 263 g/mol. The molecule has 0 aliphatic carbocycles. The van der Waals surface area contributed by atoms with E-state index in [-0.39, 0.29) is 11.6 Å². The average Bonchev–Trinajstić information content (AvgIpc) is 2.39. The highest BCUT2D eigenvalue weighted by Gasteiger charge is 2.20. The minimum Gasteiger partial charge on any atom is -0.349 e. The Morgan fingerprint density at radius 1 is 1.40 bits per heavy atom. The number of amides is 1. The summed E-state index contributed by atoms with van der Waals surface area (Å²) in [4.78, 5) is 21.7. The molecule has 0 heterocycles. The molecular formula is C14H19FN2O3. The van der Waals surface area contributed by atoms with E-state index < -0.39 is 22.3 Å². The Kier molecular flexibility index (Phi) is 5.61. The van der Waals surface area contributed by atoms with Crippen molar-refractivity contribution < 1.29 is 14.1 Å². The van der Waals surface area contributed by atoms with Gasteiger partial charge in [-0.3, -0.25) is 14.9 Å². The van der Waals surface area contributed by atoms with E-state index in [4.69, 9.17) is 0 Å². The number of halogens is 1. The van der Waals surface area contributed by atoms with Crippen LogP contribution < -0.4 is 5.32 Å². The Morgan fingerprint density at radius 3 is 2.45 bits per heavy atom. The van der Waals surface area contributed by atoms with Crippen molar-refractivity contribution >= 4 is 11.6 Å². The highest BCUT2D eigenvalue weighted by molar-refractivity contribution is 5.94. The van der Waals surface area contributed by atoms with Gasteiger partial charge in [0.05, 0.1) is 4.92 Å². The lowest BCUT2D eigenvalue weighted by Gasteiger charge is -2.22. The van der Waals surface area contributed by atoms with Crippen LogP contribution in [-0.4, -0.2) is 16.9 Å². The molecule has 1 aromatic rings. The van der Waals surface area contributed by atoms with Crippen LogP contribution in [0.4, 0.5) is 10.1 Å². The SMILES string of the molecule is CCC(CC)C(C)NC(=O)c1ccc([N+](=O)[O-])c(F)c1. The summed E-state index contributed by atoms with van der Waals surface area (Å²) in [5.74, 6) is -1.07. The highest BCUT2D eigenvalue weighted by Crippen LogP contribution is 2.19. The van der Waals surface area contributed by atoms with E-state index in [9.17, 15) is 19.3 Å². The van der Waals surface area contributed by atoms with Gasteiger partial charge in [0.15, 0.2) is 0 Å².